The summed E-state index contributed by atoms with van der Waals surface area (Å²) in [7, 11) is -15.1. The summed E-state index contributed by atoms with van der Waals surface area (Å²) in [5, 5.41) is 29.1. The standard InChI is InChI=1S/C29H27FN8O11S4/c30-27-33-28(35-29(34-27)38(8-10-50-11-9-39)18-4-2-1-3-5-18)32-17-6-7-20(22(14-17)52(44,45)46)36-37-26-24-16(13-23(25(26)31)53(47,48)49)12-19(15-21(24)40)51(41,42)43/h1-7,12-15,39-40H,8-11,31H2,(H,41,42,43)(H,44,45,46)(H,47,48,49)(H,32,33,34,35)/b37-36+. The maximum atomic E-state index is 14.7. The van der Waals surface area contributed by atoms with Crippen LogP contribution in [-0.2, 0) is 30.4 Å². The third kappa shape index (κ3) is 9.30. The first-order valence-electron chi connectivity index (χ1n) is 14.6. The number of anilines is 5. The van der Waals surface area contributed by atoms with E-state index in [1.54, 1.807) is 35.2 Å². The molecule has 5 aromatic rings. The molecule has 0 amide bonds. The van der Waals surface area contributed by atoms with Crippen LogP contribution in [0.2, 0.25) is 0 Å². The number of phenolic OH excluding ortho intramolecular Hbond substituents is 1. The van der Waals surface area contributed by atoms with Gasteiger partial charge in [-0.2, -0.15) is 56.4 Å². The normalized spacial score (nSPS) is 12.4. The number of phenols is 1. The Kier molecular flexibility index (Phi) is 11.4. The van der Waals surface area contributed by atoms with Crippen LogP contribution < -0.4 is 16.0 Å². The number of halogens is 1. The Morgan fingerprint density at radius 1 is 0.830 bits per heavy atom. The smallest absolute Gasteiger partial charge is 0.315 e. The number of nitrogens with two attached hydrogens (primary N) is 1. The lowest BCUT2D eigenvalue weighted by molar-refractivity contribution is 0.322. The fourth-order valence-electron chi connectivity index (χ4n) is 4.84. The van der Waals surface area contributed by atoms with E-state index in [2.05, 4.69) is 30.5 Å². The van der Waals surface area contributed by atoms with E-state index in [0.29, 0.717) is 35.9 Å². The van der Waals surface area contributed by atoms with Crippen molar-refractivity contribution in [2.45, 2.75) is 14.7 Å². The summed E-state index contributed by atoms with van der Waals surface area (Å²) in [6, 6.07) is 13.9. The average Bonchev–Trinajstić information content (AvgIpc) is 3.07. The van der Waals surface area contributed by atoms with Crippen molar-refractivity contribution >= 4 is 93.2 Å². The predicted octanol–water partition coefficient (Wildman–Crippen LogP) is 4.21. The van der Waals surface area contributed by atoms with Gasteiger partial charge in [0.05, 0.1) is 22.6 Å². The lowest BCUT2D eigenvalue weighted by Crippen LogP contribution is -2.24. The second-order valence-electron chi connectivity index (χ2n) is 10.7. The molecule has 1 heterocycles. The number of rotatable bonds is 14. The van der Waals surface area contributed by atoms with Crippen molar-refractivity contribution in [1.82, 2.24) is 15.0 Å². The molecular weight excluding hydrogens is 784 g/mol. The van der Waals surface area contributed by atoms with Crippen LogP contribution in [0.1, 0.15) is 0 Å². The first kappa shape index (κ1) is 39.1. The third-order valence-electron chi connectivity index (χ3n) is 7.09. The molecule has 280 valence electrons. The number of para-hydroxylation sites is 1. The van der Waals surface area contributed by atoms with Gasteiger partial charge in [-0.15, -0.1) is 10.2 Å². The van der Waals surface area contributed by atoms with E-state index in [0.717, 1.165) is 18.2 Å². The first-order valence-corrected chi connectivity index (χ1v) is 20.1. The third-order valence-corrected chi connectivity index (χ3v) is 10.6. The lowest BCUT2D eigenvalue weighted by atomic mass is 10.1. The van der Waals surface area contributed by atoms with Gasteiger partial charge in [0, 0.05) is 35.5 Å². The molecule has 4 aromatic carbocycles. The number of fused-ring (bicyclic) bond motifs is 1. The fraction of sp³-hybridized carbons (Fsp3) is 0.138. The molecule has 8 N–H and O–H groups in total. The summed E-state index contributed by atoms with van der Waals surface area (Å²) in [6.07, 6.45) is -1.19. The van der Waals surface area contributed by atoms with Crippen molar-refractivity contribution in [1.29, 1.82) is 0 Å². The molecule has 0 fully saturated rings. The number of nitrogens with one attached hydrogen (secondary N) is 1. The molecule has 0 aliphatic heterocycles. The highest BCUT2D eigenvalue weighted by atomic mass is 32.2. The molecule has 0 unspecified atom stereocenters. The molecule has 0 atom stereocenters. The molecule has 53 heavy (non-hydrogen) atoms. The molecule has 1 aromatic heterocycles. The molecule has 0 aliphatic rings. The minimum atomic E-state index is -5.11. The quantitative estimate of drug-likeness (QED) is 0.0357. The highest BCUT2D eigenvalue weighted by Gasteiger charge is 2.25. The van der Waals surface area contributed by atoms with Gasteiger partial charge in [0.2, 0.25) is 11.9 Å². The number of nitrogen functional groups attached to an aromatic ring is 1. The summed E-state index contributed by atoms with van der Waals surface area (Å²) < 4.78 is 117. The van der Waals surface area contributed by atoms with E-state index in [1.807, 2.05) is 0 Å². The highest BCUT2D eigenvalue weighted by Crippen LogP contribution is 2.44. The molecule has 0 saturated carbocycles. The average molecular weight is 811 g/mol. The largest absolute Gasteiger partial charge is 0.507 e. The van der Waals surface area contributed by atoms with Crippen LogP contribution in [-0.4, -0.2) is 88.7 Å². The molecule has 0 spiro atoms. The van der Waals surface area contributed by atoms with Gasteiger partial charge in [-0.25, -0.2) is 0 Å². The maximum Gasteiger partial charge on any atom is 0.315 e. The van der Waals surface area contributed by atoms with E-state index >= 15 is 0 Å². The van der Waals surface area contributed by atoms with Gasteiger partial charge in [0.25, 0.3) is 30.4 Å². The number of thioether (sulfide) groups is 1. The Morgan fingerprint density at radius 2 is 1.53 bits per heavy atom. The van der Waals surface area contributed by atoms with Gasteiger partial charge in [0.15, 0.2) is 0 Å². The van der Waals surface area contributed by atoms with E-state index in [4.69, 9.17) is 10.8 Å². The van der Waals surface area contributed by atoms with Gasteiger partial charge >= 0.3 is 6.08 Å². The van der Waals surface area contributed by atoms with Crippen LogP contribution in [0.3, 0.4) is 0 Å². The summed E-state index contributed by atoms with van der Waals surface area (Å²) in [6.45, 7) is 0.267. The van der Waals surface area contributed by atoms with Gasteiger partial charge in [-0.05, 0) is 47.9 Å². The molecule has 0 saturated heterocycles. The number of benzene rings is 4. The Labute approximate surface area is 304 Å². The summed E-state index contributed by atoms with van der Waals surface area (Å²) >= 11 is 1.44. The Hall–Kier alpha value is -5.08. The molecule has 0 radical (unpaired) electrons. The summed E-state index contributed by atoms with van der Waals surface area (Å²) in [4.78, 5) is 10.5. The van der Waals surface area contributed by atoms with Crippen LogP contribution in [0.5, 0.6) is 5.75 Å². The van der Waals surface area contributed by atoms with Gasteiger partial charge in [0.1, 0.15) is 26.9 Å². The number of aromatic nitrogens is 3. The van der Waals surface area contributed by atoms with Crippen LogP contribution in [0.25, 0.3) is 10.8 Å². The van der Waals surface area contributed by atoms with Crippen LogP contribution in [0, 0.1) is 6.08 Å². The maximum absolute atomic E-state index is 14.7. The molecule has 0 aliphatic carbocycles. The Balaban J connectivity index is 1.56. The van der Waals surface area contributed by atoms with Crippen molar-refractivity contribution in [3.8, 4) is 5.75 Å². The SMILES string of the molecule is Nc1c(S(=O)(=O)O)cc2cc(S(=O)(=O)O)cc(O)c2c1/N=N/c1ccc(Nc2nc(F)nc(N(CCSCCO)c3ccccc3)n2)cc1S(=O)(=O)O. The van der Waals surface area contributed by atoms with Crippen molar-refractivity contribution in [3.63, 3.8) is 0 Å². The van der Waals surface area contributed by atoms with Gasteiger partial charge in [-0.3, -0.25) is 13.7 Å². The van der Waals surface area contributed by atoms with Crippen molar-refractivity contribution < 1.29 is 53.5 Å². The van der Waals surface area contributed by atoms with Crippen molar-refractivity contribution in [2.24, 2.45) is 10.2 Å². The zero-order valence-corrected chi connectivity index (χ0v) is 29.9. The molecule has 5 rings (SSSR count). The molecule has 24 heteroatoms. The summed E-state index contributed by atoms with van der Waals surface area (Å²) in [5.41, 5.74) is 4.39. The number of hydrogen-bond acceptors (Lipinski definition) is 17. The topological polar surface area (TPSA) is 308 Å². The van der Waals surface area contributed by atoms with E-state index in [9.17, 15) is 48.4 Å². The fourth-order valence-corrected chi connectivity index (χ4v) is 7.32. The van der Waals surface area contributed by atoms with E-state index in [1.165, 1.54) is 17.8 Å². The summed E-state index contributed by atoms with van der Waals surface area (Å²) in [5.74, 6) is -0.390. The van der Waals surface area contributed by atoms with E-state index < -0.39 is 84.7 Å². The number of nitrogens with zero attached hydrogens (tertiary/aromatic N) is 6. The lowest BCUT2D eigenvalue weighted by Gasteiger charge is -2.23. The second-order valence-corrected chi connectivity index (χ2v) is 16.1. The van der Waals surface area contributed by atoms with Crippen LogP contribution in [0.4, 0.5) is 44.7 Å². The monoisotopic (exact) mass is 810 g/mol. The zero-order chi connectivity index (χ0) is 38.7. The van der Waals surface area contributed by atoms with Gasteiger partial charge in [-0.1, -0.05) is 18.2 Å². The molecule has 0 bridgehead atoms. The zero-order valence-electron chi connectivity index (χ0n) is 26.6. The minimum Gasteiger partial charge on any atom is -0.507 e. The number of hydrogen-bond donors (Lipinski definition) is 7. The van der Waals surface area contributed by atoms with Crippen molar-refractivity contribution in [3.05, 3.63) is 72.8 Å². The number of aliphatic hydroxyl groups is 1. The number of azo groups is 1. The second kappa shape index (κ2) is 15.5. The minimum absolute atomic E-state index is 0.0353. The van der Waals surface area contributed by atoms with Crippen molar-refractivity contribution in [2.75, 3.05) is 40.6 Å². The molecule has 19 nitrogen and oxygen atoms in total. The van der Waals surface area contributed by atoms with Crippen LogP contribution in [0.15, 0.2) is 91.6 Å². The predicted molar refractivity (Wildman–Crippen MR) is 191 cm³/mol. The Morgan fingerprint density at radius 3 is 2.17 bits per heavy atom. The highest BCUT2D eigenvalue weighted by molar-refractivity contribution is 7.99. The first-order chi connectivity index (χ1) is 24.9. The van der Waals surface area contributed by atoms with Crippen LogP contribution >= 0.6 is 11.8 Å². The number of aromatic hydroxyl groups is 1. The van der Waals surface area contributed by atoms with E-state index in [-0.39, 0.29) is 24.2 Å². The Bertz CT molecular complexity index is 2570. The van der Waals surface area contributed by atoms with Gasteiger partial charge < -0.3 is 26.2 Å². The number of aliphatic hydroxyl groups excluding tert-OH is 1. The molecular formula is C29H27FN8O11S4.